The first-order valence-corrected chi connectivity index (χ1v) is 6.71. The summed E-state index contributed by atoms with van der Waals surface area (Å²) in [6.07, 6.45) is 2.60. The van der Waals surface area contributed by atoms with Crippen LogP contribution in [0.2, 0.25) is 0 Å². The number of rotatable bonds is 6. The molecule has 1 aromatic carbocycles. The third-order valence-corrected chi connectivity index (χ3v) is 3.13. The average molecular weight is 313 g/mol. The summed E-state index contributed by atoms with van der Waals surface area (Å²) < 4.78 is 6.33. The van der Waals surface area contributed by atoms with E-state index in [1.165, 1.54) is 0 Å². The summed E-state index contributed by atoms with van der Waals surface area (Å²) in [7, 11) is 0. The Balaban J connectivity index is 2.97. The Bertz CT molecular complexity index is 452. The number of benzene rings is 1. The number of hydrogen-bond donors (Lipinski definition) is 1. The van der Waals surface area contributed by atoms with Crippen LogP contribution < -0.4 is 4.74 Å². The Kier molecular flexibility index (Phi) is 5.92. The van der Waals surface area contributed by atoms with E-state index in [9.17, 15) is 4.79 Å². The van der Waals surface area contributed by atoms with Crippen molar-refractivity contribution in [1.29, 1.82) is 0 Å². The molecule has 0 aliphatic carbocycles. The second-order valence-electron chi connectivity index (χ2n) is 3.76. The van der Waals surface area contributed by atoms with Crippen LogP contribution in [0.15, 0.2) is 28.7 Å². The molecule has 0 aliphatic rings. The highest BCUT2D eigenvalue weighted by atomic mass is 79.9. The van der Waals surface area contributed by atoms with Crippen molar-refractivity contribution in [3.8, 4) is 5.75 Å². The van der Waals surface area contributed by atoms with Gasteiger partial charge in [-0.3, -0.25) is 4.79 Å². The topological polar surface area (TPSA) is 46.5 Å². The van der Waals surface area contributed by atoms with E-state index in [1.54, 1.807) is 6.08 Å². The van der Waals surface area contributed by atoms with Gasteiger partial charge in [0, 0.05) is 0 Å². The van der Waals surface area contributed by atoms with E-state index in [4.69, 9.17) is 9.84 Å². The summed E-state index contributed by atoms with van der Waals surface area (Å²) in [6, 6.07) is 5.81. The zero-order valence-corrected chi connectivity index (χ0v) is 12.2. The summed E-state index contributed by atoms with van der Waals surface area (Å²) in [5, 5.41) is 8.70. The molecule has 0 fully saturated rings. The van der Waals surface area contributed by atoms with Crippen molar-refractivity contribution in [2.24, 2.45) is 0 Å². The molecule has 0 saturated carbocycles. The second-order valence-corrected chi connectivity index (χ2v) is 4.61. The lowest BCUT2D eigenvalue weighted by Gasteiger charge is -2.09. The van der Waals surface area contributed by atoms with Crippen molar-refractivity contribution in [2.45, 2.75) is 26.7 Å². The Morgan fingerprint density at radius 3 is 2.67 bits per heavy atom. The average Bonchev–Trinajstić information content (AvgIpc) is 2.33. The maximum atomic E-state index is 10.6. The molecule has 1 N–H and O–H groups in total. The Morgan fingerprint density at radius 1 is 1.44 bits per heavy atom. The molecule has 0 atom stereocenters. The fraction of sp³-hybridized carbons (Fsp3) is 0.357. The van der Waals surface area contributed by atoms with E-state index < -0.39 is 5.97 Å². The van der Waals surface area contributed by atoms with Crippen molar-refractivity contribution >= 4 is 27.5 Å². The maximum absolute atomic E-state index is 10.6. The molecular weight excluding hydrogens is 296 g/mol. The highest BCUT2D eigenvalue weighted by Gasteiger charge is 2.05. The number of ether oxygens (including phenoxy) is 1. The van der Waals surface area contributed by atoms with Crippen LogP contribution in [0, 0.1) is 0 Å². The van der Waals surface area contributed by atoms with Gasteiger partial charge in [0.25, 0.3) is 0 Å². The van der Waals surface area contributed by atoms with E-state index in [0.29, 0.717) is 6.61 Å². The molecule has 0 spiro atoms. The number of halogens is 1. The fourth-order valence-electron chi connectivity index (χ4n) is 1.65. The first-order valence-electron chi connectivity index (χ1n) is 5.92. The molecule has 0 aromatic heterocycles. The lowest BCUT2D eigenvalue weighted by molar-refractivity contribution is -0.135. The van der Waals surface area contributed by atoms with Crippen molar-refractivity contribution < 1.29 is 14.6 Å². The van der Waals surface area contributed by atoms with Crippen LogP contribution >= 0.6 is 15.9 Å². The molecule has 0 radical (unpaired) electrons. The zero-order chi connectivity index (χ0) is 13.5. The Labute approximate surface area is 116 Å². The molecule has 1 rings (SSSR count). The summed E-state index contributed by atoms with van der Waals surface area (Å²) in [4.78, 5) is 10.6. The van der Waals surface area contributed by atoms with Crippen molar-refractivity contribution in [2.75, 3.05) is 6.61 Å². The standard InChI is InChI=1S/C14H17BrO3/c1-3-10(6-8-14(16)17)11-5-7-13(18-4-2)12(15)9-11/h5-7,9H,3-4,8H2,1-2H3,(H,16,17)/b10-6+. The minimum absolute atomic E-state index is 0.0496. The summed E-state index contributed by atoms with van der Waals surface area (Å²) in [5.74, 6) is -0.0131. The molecular formula is C14H17BrO3. The number of carbonyl (C=O) groups is 1. The molecule has 0 amide bonds. The van der Waals surface area contributed by atoms with Gasteiger partial charge in [-0.25, -0.2) is 0 Å². The summed E-state index contributed by atoms with van der Waals surface area (Å²) >= 11 is 3.46. The minimum Gasteiger partial charge on any atom is -0.493 e. The first kappa shape index (κ1) is 14.8. The van der Waals surface area contributed by atoms with Crippen LogP contribution in [0.4, 0.5) is 0 Å². The van der Waals surface area contributed by atoms with Gasteiger partial charge in [-0.05, 0) is 52.5 Å². The fourth-order valence-corrected chi connectivity index (χ4v) is 2.14. The SMILES string of the molecule is CCOc1ccc(/C(=C/CC(=O)O)CC)cc1Br. The van der Waals surface area contributed by atoms with Crippen molar-refractivity contribution in [1.82, 2.24) is 0 Å². The highest BCUT2D eigenvalue weighted by molar-refractivity contribution is 9.10. The minimum atomic E-state index is -0.814. The predicted octanol–water partition coefficient (Wildman–Crippen LogP) is 4.12. The zero-order valence-electron chi connectivity index (χ0n) is 10.6. The van der Waals surface area contributed by atoms with Crippen LogP contribution in [0.5, 0.6) is 5.75 Å². The van der Waals surface area contributed by atoms with Gasteiger partial charge < -0.3 is 9.84 Å². The third-order valence-electron chi connectivity index (χ3n) is 2.51. The van der Waals surface area contributed by atoms with Crippen LogP contribution in [0.25, 0.3) is 5.57 Å². The summed E-state index contributed by atoms with van der Waals surface area (Å²) in [6.45, 7) is 4.57. The van der Waals surface area contributed by atoms with Gasteiger partial charge in [0.1, 0.15) is 5.75 Å². The van der Waals surface area contributed by atoms with Crippen LogP contribution in [-0.2, 0) is 4.79 Å². The highest BCUT2D eigenvalue weighted by Crippen LogP contribution is 2.30. The van der Waals surface area contributed by atoms with Gasteiger partial charge in [0.2, 0.25) is 0 Å². The number of allylic oxidation sites excluding steroid dienone is 1. The van der Waals surface area contributed by atoms with E-state index >= 15 is 0 Å². The molecule has 18 heavy (non-hydrogen) atoms. The molecule has 0 saturated heterocycles. The van der Waals surface area contributed by atoms with Crippen LogP contribution in [0.3, 0.4) is 0 Å². The normalized spacial score (nSPS) is 11.4. The van der Waals surface area contributed by atoms with E-state index in [2.05, 4.69) is 15.9 Å². The molecule has 0 unspecified atom stereocenters. The monoisotopic (exact) mass is 312 g/mol. The molecule has 1 aromatic rings. The van der Waals surface area contributed by atoms with Crippen molar-refractivity contribution in [3.05, 3.63) is 34.3 Å². The number of carboxylic acids is 1. The number of carboxylic acid groups (broad SMARTS) is 1. The smallest absolute Gasteiger partial charge is 0.307 e. The lowest BCUT2D eigenvalue weighted by Crippen LogP contribution is -1.94. The van der Waals surface area contributed by atoms with E-state index in [0.717, 1.165) is 27.8 Å². The predicted molar refractivity (Wildman–Crippen MR) is 75.8 cm³/mol. The van der Waals surface area contributed by atoms with Crippen LogP contribution in [0.1, 0.15) is 32.3 Å². The first-order chi connectivity index (χ1) is 8.58. The lowest BCUT2D eigenvalue weighted by atomic mass is 10.0. The largest absolute Gasteiger partial charge is 0.493 e. The summed E-state index contributed by atoms with van der Waals surface area (Å²) in [5.41, 5.74) is 2.05. The Hall–Kier alpha value is -1.29. The van der Waals surface area contributed by atoms with E-state index in [1.807, 2.05) is 32.0 Å². The Morgan fingerprint density at radius 2 is 2.17 bits per heavy atom. The van der Waals surface area contributed by atoms with E-state index in [-0.39, 0.29) is 6.42 Å². The van der Waals surface area contributed by atoms with Gasteiger partial charge in [-0.2, -0.15) is 0 Å². The maximum Gasteiger partial charge on any atom is 0.307 e. The molecule has 0 heterocycles. The molecule has 0 aliphatic heterocycles. The quantitative estimate of drug-likeness (QED) is 0.859. The molecule has 3 nitrogen and oxygen atoms in total. The number of hydrogen-bond acceptors (Lipinski definition) is 2. The van der Waals surface area contributed by atoms with Gasteiger partial charge in [0.15, 0.2) is 0 Å². The van der Waals surface area contributed by atoms with Gasteiger partial charge in [-0.15, -0.1) is 0 Å². The van der Waals surface area contributed by atoms with Gasteiger partial charge in [0.05, 0.1) is 17.5 Å². The van der Waals surface area contributed by atoms with Crippen LogP contribution in [-0.4, -0.2) is 17.7 Å². The van der Waals surface area contributed by atoms with Gasteiger partial charge in [-0.1, -0.05) is 19.1 Å². The number of aliphatic carboxylic acids is 1. The van der Waals surface area contributed by atoms with Gasteiger partial charge >= 0.3 is 5.97 Å². The molecule has 98 valence electrons. The third kappa shape index (κ3) is 4.18. The molecule has 0 bridgehead atoms. The molecule has 4 heteroatoms. The second kappa shape index (κ2) is 7.21. The van der Waals surface area contributed by atoms with Crippen molar-refractivity contribution in [3.63, 3.8) is 0 Å².